The summed E-state index contributed by atoms with van der Waals surface area (Å²) in [5.41, 5.74) is 2.35. The maximum atomic E-state index is 13.0. The Hall–Kier alpha value is -1.81. The topological polar surface area (TPSA) is 56.3 Å². The van der Waals surface area contributed by atoms with Gasteiger partial charge in [0.25, 0.3) is 0 Å². The molecule has 0 bridgehead atoms. The van der Waals surface area contributed by atoms with E-state index in [1.54, 1.807) is 0 Å². The van der Waals surface area contributed by atoms with Gasteiger partial charge in [-0.1, -0.05) is 38.0 Å². The van der Waals surface area contributed by atoms with Crippen LogP contribution in [-0.2, 0) is 4.79 Å². The van der Waals surface area contributed by atoms with E-state index in [9.17, 15) is 9.90 Å². The number of carbonyl (C=O) groups is 1. The maximum Gasteiger partial charge on any atom is 0.223 e. The maximum absolute atomic E-state index is 13.0. The Balaban J connectivity index is 1.49. The molecule has 1 aromatic heterocycles. The molecule has 134 valence electrons. The molecule has 2 aromatic rings. The number of nitrogens with zero attached hydrogens (tertiary/aromatic N) is 1. The van der Waals surface area contributed by atoms with Crippen LogP contribution in [0.15, 0.2) is 30.5 Å². The zero-order valence-corrected chi connectivity index (χ0v) is 14.9. The van der Waals surface area contributed by atoms with E-state index in [0.717, 1.165) is 24.8 Å². The quantitative estimate of drug-likeness (QED) is 0.892. The number of benzene rings is 1. The number of piperidine rings is 1. The molecule has 25 heavy (non-hydrogen) atoms. The third-order valence-electron chi connectivity index (χ3n) is 6.30. The van der Waals surface area contributed by atoms with E-state index < -0.39 is 0 Å². The first-order valence-electron chi connectivity index (χ1n) is 9.68. The van der Waals surface area contributed by atoms with Crippen LogP contribution < -0.4 is 0 Å². The Morgan fingerprint density at radius 1 is 1.28 bits per heavy atom. The molecule has 4 rings (SSSR count). The average Bonchev–Trinajstić information content (AvgIpc) is 3.06. The third kappa shape index (κ3) is 3.08. The summed E-state index contributed by atoms with van der Waals surface area (Å²) in [6, 6.07) is 8.52. The average molecular weight is 340 g/mol. The predicted molar refractivity (Wildman–Crippen MR) is 99.4 cm³/mol. The van der Waals surface area contributed by atoms with Gasteiger partial charge in [-0.05, 0) is 36.8 Å². The van der Waals surface area contributed by atoms with Gasteiger partial charge in [0.05, 0.1) is 6.10 Å². The van der Waals surface area contributed by atoms with Crippen molar-refractivity contribution in [2.24, 2.45) is 5.92 Å². The van der Waals surface area contributed by atoms with Crippen LogP contribution in [0.2, 0.25) is 0 Å². The molecular formula is C21H28N2O2. The highest BCUT2D eigenvalue weighted by Gasteiger charge is 2.40. The molecule has 1 saturated carbocycles. The van der Waals surface area contributed by atoms with Crippen molar-refractivity contribution < 1.29 is 9.90 Å². The van der Waals surface area contributed by atoms with Crippen LogP contribution in [0.1, 0.15) is 56.9 Å². The van der Waals surface area contributed by atoms with Crippen LogP contribution in [0.4, 0.5) is 0 Å². The predicted octanol–water partition coefficient (Wildman–Crippen LogP) is 3.81. The Kier molecular flexibility index (Phi) is 4.55. The van der Waals surface area contributed by atoms with Gasteiger partial charge >= 0.3 is 0 Å². The molecule has 2 aliphatic rings. The van der Waals surface area contributed by atoms with Crippen molar-refractivity contribution in [3.05, 3.63) is 36.0 Å². The largest absolute Gasteiger partial charge is 0.393 e. The molecule has 0 spiro atoms. The van der Waals surface area contributed by atoms with E-state index in [2.05, 4.69) is 28.9 Å². The van der Waals surface area contributed by atoms with E-state index in [1.165, 1.54) is 23.8 Å². The standard InChI is InChI=1S/C21H28N2O2/c1-14(17-13-22-18-8-4-2-6-15(17)18)12-21(25)23-11-10-20(24)16-7-3-5-9-19(16)23/h2,4,6,8,13-14,16,19-20,22,24H,3,5,7,9-12H2,1H3. The normalized spacial score (nSPS) is 27.9. The Bertz CT molecular complexity index is 753. The Morgan fingerprint density at radius 3 is 2.96 bits per heavy atom. The number of rotatable bonds is 3. The summed E-state index contributed by atoms with van der Waals surface area (Å²) in [5.74, 6) is 0.731. The number of fused-ring (bicyclic) bond motifs is 2. The molecule has 1 amide bonds. The summed E-state index contributed by atoms with van der Waals surface area (Å²) in [7, 11) is 0. The van der Waals surface area contributed by atoms with E-state index in [-0.39, 0.29) is 29.9 Å². The lowest BCUT2D eigenvalue weighted by molar-refractivity contribution is -0.141. The number of para-hydroxylation sites is 1. The zero-order valence-electron chi connectivity index (χ0n) is 14.9. The van der Waals surface area contributed by atoms with Crippen molar-refractivity contribution >= 4 is 16.8 Å². The van der Waals surface area contributed by atoms with Crippen molar-refractivity contribution in [1.29, 1.82) is 0 Å². The minimum atomic E-state index is -0.222. The minimum Gasteiger partial charge on any atom is -0.393 e. The number of carbonyl (C=O) groups excluding carboxylic acids is 1. The van der Waals surface area contributed by atoms with Gasteiger partial charge < -0.3 is 15.0 Å². The second kappa shape index (κ2) is 6.83. The van der Waals surface area contributed by atoms with Crippen molar-refractivity contribution in [3.8, 4) is 0 Å². The first-order chi connectivity index (χ1) is 12.1. The molecule has 1 aliphatic carbocycles. The van der Waals surface area contributed by atoms with Crippen LogP contribution in [0.3, 0.4) is 0 Å². The second-order valence-corrected chi connectivity index (χ2v) is 7.85. The molecule has 4 heteroatoms. The van der Waals surface area contributed by atoms with E-state index in [4.69, 9.17) is 0 Å². The fourth-order valence-electron chi connectivity index (χ4n) is 4.93. The van der Waals surface area contributed by atoms with Gasteiger partial charge in [-0.25, -0.2) is 0 Å². The lowest BCUT2D eigenvalue weighted by Crippen LogP contribution is -2.54. The smallest absolute Gasteiger partial charge is 0.223 e. The first-order valence-corrected chi connectivity index (χ1v) is 9.68. The highest BCUT2D eigenvalue weighted by atomic mass is 16.3. The molecule has 4 unspecified atom stereocenters. The SMILES string of the molecule is CC(CC(=O)N1CCC(O)C2CCCCC21)c1c[nH]c2ccccc12. The number of H-pyrrole nitrogens is 1. The molecule has 4 atom stereocenters. The molecule has 2 N–H and O–H groups in total. The summed E-state index contributed by atoms with van der Waals surface area (Å²) < 4.78 is 0. The Labute approximate surface area is 149 Å². The third-order valence-corrected chi connectivity index (χ3v) is 6.30. The molecule has 2 fully saturated rings. The van der Waals surface area contributed by atoms with Crippen molar-refractivity contribution in [2.75, 3.05) is 6.54 Å². The first kappa shape index (κ1) is 16.6. The summed E-state index contributed by atoms with van der Waals surface area (Å²) in [6.07, 6.45) is 7.58. The summed E-state index contributed by atoms with van der Waals surface area (Å²) >= 11 is 0. The molecule has 0 radical (unpaired) electrons. The fraction of sp³-hybridized carbons (Fsp3) is 0.571. The molecule has 1 aromatic carbocycles. The van der Waals surface area contributed by atoms with Crippen LogP contribution in [0.25, 0.3) is 10.9 Å². The van der Waals surface area contributed by atoms with Gasteiger partial charge in [-0.3, -0.25) is 4.79 Å². The number of aromatic amines is 1. The van der Waals surface area contributed by atoms with E-state index >= 15 is 0 Å². The lowest BCUT2D eigenvalue weighted by atomic mass is 9.76. The number of hydrogen-bond acceptors (Lipinski definition) is 2. The van der Waals surface area contributed by atoms with Gasteiger partial charge in [0.15, 0.2) is 0 Å². The number of likely N-dealkylation sites (tertiary alicyclic amines) is 1. The monoisotopic (exact) mass is 340 g/mol. The zero-order chi connectivity index (χ0) is 17.4. The molecule has 4 nitrogen and oxygen atoms in total. The van der Waals surface area contributed by atoms with Crippen molar-refractivity contribution in [3.63, 3.8) is 0 Å². The van der Waals surface area contributed by atoms with Crippen LogP contribution in [0.5, 0.6) is 0 Å². The lowest BCUT2D eigenvalue weighted by Gasteiger charge is -2.46. The molecule has 2 heterocycles. The number of aliphatic hydroxyl groups is 1. The van der Waals surface area contributed by atoms with Gasteiger partial charge in [0, 0.05) is 42.0 Å². The second-order valence-electron chi connectivity index (χ2n) is 7.85. The van der Waals surface area contributed by atoms with Crippen LogP contribution in [0, 0.1) is 5.92 Å². The minimum absolute atomic E-state index is 0.192. The fourth-order valence-corrected chi connectivity index (χ4v) is 4.93. The highest BCUT2D eigenvalue weighted by Crippen LogP contribution is 2.37. The highest BCUT2D eigenvalue weighted by molar-refractivity contribution is 5.85. The van der Waals surface area contributed by atoms with Gasteiger partial charge in [-0.15, -0.1) is 0 Å². The Morgan fingerprint density at radius 2 is 2.08 bits per heavy atom. The number of aromatic nitrogens is 1. The molecular weight excluding hydrogens is 312 g/mol. The van der Waals surface area contributed by atoms with Crippen molar-refractivity contribution in [2.45, 2.75) is 63.5 Å². The number of hydrogen-bond donors (Lipinski definition) is 2. The summed E-state index contributed by atoms with van der Waals surface area (Å²) in [4.78, 5) is 18.4. The van der Waals surface area contributed by atoms with E-state index in [1.807, 2.05) is 18.3 Å². The summed E-state index contributed by atoms with van der Waals surface area (Å²) in [6.45, 7) is 2.85. The molecule has 1 saturated heterocycles. The number of aliphatic hydroxyl groups excluding tert-OH is 1. The van der Waals surface area contributed by atoms with E-state index in [0.29, 0.717) is 13.0 Å². The van der Waals surface area contributed by atoms with Crippen LogP contribution in [-0.4, -0.2) is 39.6 Å². The van der Waals surface area contributed by atoms with Gasteiger partial charge in [0.2, 0.25) is 5.91 Å². The number of nitrogens with one attached hydrogen (secondary N) is 1. The van der Waals surface area contributed by atoms with Crippen molar-refractivity contribution in [1.82, 2.24) is 9.88 Å². The van der Waals surface area contributed by atoms with Gasteiger partial charge in [0.1, 0.15) is 0 Å². The van der Waals surface area contributed by atoms with Gasteiger partial charge in [-0.2, -0.15) is 0 Å². The number of amides is 1. The molecule has 1 aliphatic heterocycles. The summed E-state index contributed by atoms with van der Waals surface area (Å²) in [5, 5.41) is 11.5. The van der Waals surface area contributed by atoms with Crippen LogP contribution >= 0.6 is 0 Å².